The third kappa shape index (κ3) is 4.23. The zero-order chi connectivity index (χ0) is 22.0. The second-order valence-corrected chi connectivity index (χ2v) is 9.64. The van der Waals surface area contributed by atoms with Crippen LogP contribution in [0.25, 0.3) is 10.2 Å². The number of para-hydroxylation sites is 1. The van der Waals surface area contributed by atoms with Crippen LogP contribution >= 0.6 is 11.3 Å². The lowest BCUT2D eigenvalue weighted by Crippen LogP contribution is -2.26. The topological polar surface area (TPSA) is 88.6 Å². The number of nitrogens with one attached hydrogen (secondary N) is 1. The second-order valence-electron chi connectivity index (χ2n) is 6.64. The van der Waals surface area contributed by atoms with Crippen LogP contribution in [-0.2, 0) is 10.0 Å². The quantitative estimate of drug-likeness (QED) is 0.468. The molecule has 1 aromatic heterocycles. The minimum absolute atomic E-state index is 0.0283. The number of sulfonamides is 1. The molecule has 0 fully saturated rings. The maximum Gasteiger partial charge on any atom is 0.264 e. The lowest BCUT2D eigenvalue weighted by molar-refractivity contribution is 0.102. The second kappa shape index (κ2) is 8.37. The average Bonchev–Trinajstić information content (AvgIpc) is 3.20. The highest BCUT2D eigenvalue weighted by molar-refractivity contribution is 7.92. The fourth-order valence-corrected chi connectivity index (χ4v) is 5.12. The van der Waals surface area contributed by atoms with Crippen molar-refractivity contribution < 1.29 is 17.9 Å². The van der Waals surface area contributed by atoms with Crippen LogP contribution in [0, 0.1) is 0 Å². The first-order valence-electron chi connectivity index (χ1n) is 9.28. The van der Waals surface area contributed by atoms with Gasteiger partial charge in [0.2, 0.25) is 0 Å². The van der Waals surface area contributed by atoms with E-state index >= 15 is 0 Å². The molecule has 1 N–H and O–H groups in total. The van der Waals surface area contributed by atoms with Crippen LogP contribution in [0.2, 0.25) is 0 Å². The standard InChI is InChI=1S/C22H19N3O4S2/c1-25(16-8-4-3-5-9-16)31(27,28)18-10-6-7-15(13-18)21(26)24-22-23-19-12-11-17(29-2)14-20(19)30-22/h3-14H,1-2H3,(H,23,24,26). The number of anilines is 2. The highest BCUT2D eigenvalue weighted by Crippen LogP contribution is 2.29. The number of amides is 1. The minimum Gasteiger partial charge on any atom is -0.497 e. The molecule has 9 heteroatoms. The average molecular weight is 454 g/mol. The van der Waals surface area contributed by atoms with Crippen molar-refractivity contribution in [3.63, 3.8) is 0 Å². The predicted octanol–water partition coefficient (Wildman–Crippen LogP) is 4.38. The first-order chi connectivity index (χ1) is 14.9. The van der Waals surface area contributed by atoms with E-state index in [4.69, 9.17) is 4.74 Å². The number of hydrogen-bond donors (Lipinski definition) is 1. The summed E-state index contributed by atoms with van der Waals surface area (Å²) in [5.41, 5.74) is 1.49. The van der Waals surface area contributed by atoms with Gasteiger partial charge in [0, 0.05) is 12.6 Å². The SMILES string of the molecule is COc1ccc2nc(NC(=O)c3cccc(S(=O)(=O)N(C)c4ccccc4)c3)sc2c1. The lowest BCUT2D eigenvalue weighted by Gasteiger charge is -2.19. The molecular formula is C22H19N3O4S2. The van der Waals surface area contributed by atoms with E-state index in [1.54, 1.807) is 49.6 Å². The molecule has 4 rings (SSSR count). The Bertz CT molecular complexity index is 1350. The van der Waals surface area contributed by atoms with E-state index in [1.807, 2.05) is 18.2 Å². The number of carbonyl (C=O) groups is 1. The summed E-state index contributed by atoms with van der Waals surface area (Å²) in [7, 11) is -0.759. The Kier molecular flexibility index (Phi) is 5.62. The third-order valence-electron chi connectivity index (χ3n) is 4.69. The van der Waals surface area contributed by atoms with Gasteiger partial charge in [0.15, 0.2) is 5.13 Å². The van der Waals surface area contributed by atoms with E-state index in [9.17, 15) is 13.2 Å². The molecule has 158 valence electrons. The molecule has 0 saturated carbocycles. The minimum atomic E-state index is -3.82. The molecule has 3 aromatic carbocycles. The molecule has 0 aliphatic heterocycles. The molecule has 0 saturated heterocycles. The van der Waals surface area contributed by atoms with Crippen molar-refractivity contribution in [2.75, 3.05) is 23.8 Å². The molecule has 31 heavy (non-hydrogen) atoms. The molecule has 0 spiro atoms. The van der Waals surface area contributed by atoms with Crippen LogP contribution in [-0.4, -0.2) is 33.5 Å². The monoisotopic (exact) mass is 453 g/mol. The summed E-state index contributed by atoms with van der Waals surface area (Å²) < 4.78 is 33.3. The van der Waals surface area contributed by atoms with E-state index in [0.717, 1.165) is 10.2 Å². The fourth-order valence-electron chi connectivity index (χ4n) is 2.99. The van der Waals surface area contributed by atoms with Gasteiger partial charge in [-0.2, -0.15) is 0 Å². The molecule has 0 unspecified atom stereocenters. The van der Waals surface area contributed by atoms with Gasteiger partial charge >= 0.3 is 0 Å². The Hall–Kier alpha value is -3.43. The van der Waals surface area contributed by atoms with Gasteiger partial charge in [-0.25, -0.2) is 13.4 Å². The molecule has 1 amide bonds. The first kappa shape index (κ1) is 20.8. The number of benzene rings is 3. The zero-order valence-corrected chi connectivity index (χ0v) is 18.4. The molecule has 0 aliphatic carbocycles. The summed E-state index contributed by atoms with van der Waals surface area (Å²) in [4.78, 5) is 17.2. The summed E-state index contributed by atoms with van der Waals surface area (Å²) in [6, 6.07) is 20.1. The van der Waals surface area contributed by atoms with Crippen LogP contribution in [0.15, 0.2) is 77.7 Å². The van der Waals surface area contributed by atoms with E-state index in [0.29, 0.717) is 16.6 Å². The number of fused-ring (bicyclic) bond motifs is 1. The summed E-state index contributed by atoms with van der Waals surface area (Å²) in [6.07, 6.45) is 0. The van der Waals surface area contributed by atoms with Crippen molar-refractivity contribution in [2.24, 2.45) is 0 Å². The summed E-state index contributed by atoms with van der Waals surface area (Å²) in [5.74, 6) is 0.264. The largest absolute Gasteiger partial charge is 0.497 e. The Labute approximate surface area is 184 Å². The number of thiazole rings is 1. The molecule has 0 aliphatic rings. The summed E-state index contributed by atoms with van der Waals surface area (Å²) in [5, 5.41) is 3.16. The van der Waals surface area contributed by atoms with Gasteiger partial charge in [-0.1, -0.05) is 35.6 Å². The van der Waals surface area contributed by atoms with E-state index in [-0.39, 0.29) is 10.5 Å². The van der Waals surface area contributed by atoms with Gasteiger partial charge < -0.3 is 4.74 Å². The number of nitrogens with zero attached hydrogens (tertiary/aromatic N) is 2. The fraction of sp³-hybridized carbons (Fsp3) is 0.0909. The van der Waals surface area contributed by atoms with Gasteiger partial charge in [0.05, 0.1) is 27.9 Å². The molecular weight excluding hydrogens is 434 g/mol. The predicted molar refractivity (Wildman–Crippen MR) is 123 cm³/mol. The number of hydrogen-bond acceptors (Lipinski definition) is 6. The molecule has 0 atom stereocenters. The number of methoxy groups -OCH3 is 1. The van der Waals surface area contributed by atoms with Gasteiger partial charge in [-0.3, -0.25) is 14.4 Å². The van der Waals surface area contributed by atoms with Crippen LogP contribution < -0.4 is 14.4 Å². The van der Waals surface area contributed by atoms with E-state index < -0.39 is 15.9 Å². The van der Waals surface area contributed by atoms with Crippen LogP contribution in [0.1, 0.15) is 10.4 Å². The van der Waals surface area contributed by atoms with Gasteiger partial charge in [-0.15, -0.1) is 0 Å². The van der Waals surface area contributed by atoms with E-state index in [2.05, 4.69) is 10.3 Å². The van der Waals surface area contributed by atoms with Crippen molar-refractivity contribution >= 4 is 48.3 Å². The van der Waals surface area contributed by atoms with Crippen LogP contribution in [0.5, 0.6) is 5.75 Å². The highest BCUT2D eigenvalue weighted by Gasteiger charge is 2.22. The number of carbonyl (C=O) groups excluding carboxylic acids is 1. The number of rotatable bonds is 6. The van der Waals surface area contributed by atoms with Gasteiger partial charge in [0.25, 0.3) is 15.9 Å². The molecule has 4 aromatic rings. The van der Waals surface area contributed by atoms with Crippen LogP contribution in [0.4, 0.5) is 10.8 Å². The third-order valence-corrected chi connectivity index (χ3v) is 7.41. The Morgan fingerprint density at radius 3 is 2.55 bits per heavy atom. The van der Waals surface area contributed by atoms with Crippen molar-refractivity contribution in [1.82, 2.24) is 4.98 Å². The molecule has 1 heterocycles. The molecule has 7 nitrogen and oxygen atoms in total. The first-order valence-corrected chi connectivity index (χ1v) is 11.5. The molecule has 0 radical (unpaired) electrons. The maximum atomic E-state index is 13.0. The van der Waals surface area contributed by atoms with Gasteiger partial charge in [-0.05, 0) is 48.5 Å². The number of ether oxygens (including phenoxy) is 1. The smallest absolute Gasteiger partial charge is 0.264 e. The van der Waals surface area contributed by atoms with Crippen molar-refractivity contribution in [3.05, 3.63) is 78.4 Å². The Morgan fingerprint density at radius 2 is 1.81 bits per heavy atom. The van der Waals surface area contributed by atoms with Crippen molar-refractivity contribution in [1.29, 1.82) is 0 Å². The Morgan fingerprint density at radius 1 is 1.03 bits per heavy atom. The summed E-state index contributed by atoms with van der Waals surface area (Å²) in [6.45, 7) is 0. The summed E-state index contributed by atoms with van der Waals surface area (Å²) >= 11 is 1.31. The highest BCUT2D eigenvalue weighted by atomic mass is 32.2. The van der Waals surface area contributed by atoms with Crippen molar-refractivity contribution in [2.45, 2.75) is 4.90 Å². The number of aromatic nitrogens is 1. The lowest BCUT2D eigenvalue weighted by atomic mass is 10.2. The van der Waals surface area contributed by atoms with Crippen molar-refractivity contribution in [3.8, 4) is 5.75 Å². The Balaban J connectivity index is 1.58. The normalized spacial score (nSPS) is 11.3. The zero-order valence-electron chi connectivity index (χ0n) is 16.8. The van der Waals surface area contributed by atoms with E-state index in [1.165, 1.54) is 34.8 Å². The maximum absolute atomic E-state index is 13.0. The van der Waals surface area contributed by atoms with Gasteiger partial charge in [0.1, 0.15) is 5.75 Å². The molecule has 0 bridgehead atoms. The van der Waals surface area contributed by atoms with Crippen LogP contribution in [0.3, 0.4) is 0 Å².